The molecule has 0 unspecified atom stereocenters. The van der Waals surface area contributed by atoms with Crippen molar-refractivity contribution in [2.45, 2.75) is 0 Å². The third kappa shape index (κ3) is 1.08. The fourth-order valence-corrected chi connectivity index (χ4v) is 1.23. The van der Waals surface area contributed by atoms with E-state index in [2.05, 4.69) is 11.1 Å². The molecular formula is C9H5ClN. The summed E-state index contributed by atoms with van der Waals surface area (Å²) in [7, 11) is 0. The number of rotatable bonds is 0. The van der Waals surface area contributed by atoms with Gasteiger partial charge in [-0.2, -0.15) is 0 Å². The zero-order valence-electron chi connectivity index (χ0n) is 5.71. The molecule has 0 saturated carbocycles. The Labute approximate surface area is 69.6 Å². The summed E-state index contributed by atoms with van der Waals surface area (Å²) in [5.74, 6) is 0. The zero-order valence-corrected chi connectivity index (χ0v) is 6.47. The molecule has 1 nitrogen and oxygen atoms in total. The van der Waals surface area contributed by atoms with Crippen LogP contribution in [0.3, 0.4) is 0 Å². The fourth-order valence-electron chi connectivity index (χ4n) is 1.01. The molecule has 11 heavy (non-hydrogen) atoms. The molecule has 0 N–H and O–H groups in total. The van der Waals surface area contributed by atoms with E-state index in [1.54, 1.807) is 12.3 Å². The molecule has 1 aromatic heterocycles. The summed E-state index contributed by atoms with van der Waals surface area (Å²) in [5, 5.41) is 1.59. The van der Waals surface area contributed by atoms with E-state index < -0.39 is 0 Å². The van der Waals surface area contributed by atoms with Crippen molar-refractivity contribution in [3.05, 3.63) is 41.6 Å². The van der Waals surface area contributed by atoms with E-state index in [-0.39, 0.29) is 0 Å². The Bertz CT molecular complexity index is 379. The van der Waals surface area contributed by atoms with Gasteiger partial charge in [0.2, 0.25) is 0 Å². The van der Waals surface area contributed by atoms with Crippen molar-refractivity contribution in [1.82, 2.24) is 4.98 Å². The summed E-state index contributed by atoms with van der Waals surface area (Å²) >= 11 is 5.86. The van der Waals surface area contributed by atoms with Crippen molar-refractivity contribution in [3.63, 3.8) is 0 Å². The van der Waals surface area contributed by atoms with Crippen LogP contribution in [0.25, 0.3) is 10.9 Å². The van der Waals surface area contributed by atoms with Gasteiger partial charge in [-0.3, -0.25) is 4.98 Å². The summed E-state index contributed by atoms with van der Waals surface area (Å²) in [5.41, 5.74) is 0.913. The first-order chi connectivity index (χ1) is 5.38. The van der Waals surface area contributed by atoms with Crippen molar-refractivity contribution in [1.29, 1.82) is 0 Å². The SMILES string of the molecule is Clc1[c]ccc2ncccc12. The van der Waals surface area contributed by atoms with Crippen molar-refractivity contribution < 1.29 is 0 Å². The molecule has 0 fully saturated rings. The predicted octanol–water partition coefficient (Wildman–Crippen LogP) is 2.69. The second-order valence-electron chi connectivity index (χ2n) is 2.23. The molecule has 0 spiro atoms. The van der Waals surface area contributed by atoms with Crippen molar-refractivity contribution in [3.8, 4) is 0 Å². The lowest BCUT2D eigenvalue weighted by molar-refractivity contribution is 1.41. The van der Waals surface area contributed by atoms with Gasteiger partial charge in [0.15, 0.2) is 0 Å². The van der Waals surface area contributed by atoms with E-state index in [0.29, 0.717) is 5.02 Å². The smallest absolute Gasteiger partial charge is 0.0717 e. The quantitative estimate of drug-likeness (QED) is 0.581. The largest absolute Gasteiger partial charge is 0.256 e. The number of benzene rings is 1. The average Bonchev–Trinajstić information content (AvgIpc) is 2.06. The lowest BCUT2D eigenvalue weighted by atomic mass is 10.2. The third-order valence-corrected chi connectivity index (χ3v) is 1.84. The molecule has 0 amide bonds. The summed E-state index contributed by atoms with van der Waals surface area (Å²) in [6.45, 7) is 0. The number of pyridine rings is 1. The molecule has 1 heterocycles. The molecule has 0 aliphatic carbocycles. The van der Waals surface area contributed by atoms with Crippen LogP contribution in [0.15, 0.2) is 30.5 Å². The van der Waals surface area contributed by atoms with E-state index in [1.807, 2.05) is 18.2 Å². The highest BCUT2D eigenvalue weighted by Gasteiger charge is 1.95. The maximum absolute atomic E-state index is 5.86. The van der Waals surface area contributed by atoms with E-state index in [0.717, 1.165) is 10.9 Å². The van der Waals surface area contributed by atoms with E-state index in [1.165, 1.54) is 0 Å². The Balaban J connectivity index is 2.91. The highest BCUT2D eigenvalue weighted by atomic mass is 35.5. The molecule has 0 aliphatic rings. The van der Waals surface area contributed by atoms with Gasteiger partial charge in [-0.15, -0.1) is 0 Å². The van der Waals surface area contributed by atoms with Crippen LogP contribution in [0.1, 0.15) is 0 Å². The summed E-state index contributed by atoms with van der Waals surface area (Å²) < 4.78 is 0. The first-order valence-corrected chi connectivity index (χ1v) is 3.66. The second kappa shape index (κ2) is 2.51. The first kappa shape index (κ1) is 6.62. The van der Waals surface area contributed by atoms with Crippen LogP contribution in [0.4, 0.5) is 0 Å². The normalized spacial score (nSPS) is 10.3. The highest BCUT2D eigenvalue weighted by Crippen LogP contribution is 2.19. The molecule has 1 aromatic carbocycles. The van der Waals surface area contributed by atoms with Gasteiger partial charge >= 0.3 is 0 Å². The Morgan fingerprint density at radius 1 is 1.36 bits per heavy atom. The van der Waals surface area contributed by atoms with Crippen LogP contribution < -0.4 is 0 Å². The van der Waals surface area contributed by atoms with Crippen molar-refractivity contribution in [2.75, 3.05) is 0 Å². The minimum atomic E-state index is 0.635. The topological polar surface area (TPSA) is 12.9 Å². The Morgan fingerprint density at radius 2 is 2.27 bits per heavy atom. The Morgan fingerprint density at radius 3 is 3.09 bits per heavy atom. The Kier molecular flexibility index (Phi) is 1.51. The Hall–Kier alpha value is -1.08. The van der Waals surface area contributed by atoms with Crippen LogP contribution in [-0.4, -0.2) is 4.98 Å². The van der Waals surface area contributed by atoms with Gasteiger partial charge in [0.25, 0.3) is 0 Å². The van der Waals surface area contributed by atoms with E-state index in [4.69, 9.17) is 11.6 Å². The molecule has 0 bridgehead atoms. The highest BCUT2D eigenvalue weighted by molar-refractivity contribution is 6.35. The average molecular weight is 163 g/mol. The fraction of sp³-hybridized carbons (Fsp3) is 0. The monoisotopic (exact) mass is 162 g/mol. The van der Waals surface area contributed by atoms with Gasteiger partial charge in [-0.05, 0) is 18.2 Å². The number of hydrogen-bond donors (Lipinski definition) is 0. The molecule has 53 valence electrons. The maximum Gasteiger partial charge on any atom is 0.0717 e. The van der Waals surface area contributed by atoms with Gasteiger partial charge in [0.1, 0.15) is 0 Å². The van der Waals surface area contributed by atoms with Crippen LogP contribution in [-0.2, 0) is 0 Å². The lowest BCUT2D eigenvalue weighted by Gasteiger charge is -1.95. The molecule has 0 aliphatic heterocycles. The number of nitrogens with zero attached hydrogens (tertiary/aromatic N) is 1. The van der Waals surface area contributed by atoms with Gasteiger partial charge in [-0.25, -0.2) is 0 Å². The van der Waals surface area contributed by atoms with E-state index >= 15 is 0 Å². The van der Waals surface area contributed by atoms with Crippen molar-refractivity contribution in [2.24, 2.45) is 0 Å². The first-order valence-electron chi connectivity index (χ1n) is 3.29. The summed E-state index contributed by atoms with van der Waals surface area (Å²) in [6.07, 6.45) is 1.75. The number of fused-ring (bicyclic) bond motifs is 1. The molecular weight excluding hydrogens is 158 g/mol. The molecule has 0 atom stereocenters. The lowest BCUT2D eigenvalue weighted by Crippen LogP contribution is -1.76. The number of halogens is 1. The molecule has 1 radical (unpaired) electrons. The predicted molar refractivity (Wildman–Crippen MR) is 45.6 cm³/mol. The van der Waals surface area contributed by atoms with Crippen molar-refractivity contribution >= 4 is 22.5 Å². The molecule has 2 aromatic rings. The summed E-state index contributed by atoms with van der Waals surface area (Å²) in [4.78, 5) is 4.14. The van der Waals surface area contributed by atoms with Gasteiger partial charge < -0.3 is 0 Å². The standard InChI is InChI=1S/C9H5ClN/c10-8-4-1-5-9-7(8)3-2-6-11-9/h1-3,5-6H. The minimum Gasteiger partial charge on any atom is -0.256 e. The molecule has 0 saturated heterocycles. The number of hydrogen-bond acceptors (Lipinski definition) is 1. The third-order valence-electron chi connectivity index (χ3n) is 1.53. The van der Waals surface area contributed by atoms with E-state index in [9.17, 15) is 0 Å². The number of aromatic nitrogens is 1. The van der Waals surface area contributed by atoms with Gasteiger partial charge in [0, 0.05) is 17.6 Å². The van der Waals surface area contributed by atoms with Crippen LogP contribution in [0.5, 0.6) is 0 Å². The zero-order chi connectivity index (χ0) is 7.68. The maximum atomic E-state index is 5.86. The second-order valence-corrected chi connectivity index (χ2v) is 2.61. The van der Waals surface area contributed by atoms with Crippen LogP contribution in [0, 0.1) is 6.07 Å². The molecule has 2 rings (SSSR count). The van der Waals surface area contributed by atoms with Gasteiger partial charge in [-0.1, -0.05) is 17.7 Å². The van der Waals surface area contributed by atoms with Crippen LogP contribution >= 0.6 is 11.6 Å². The summed E-state index contributed by atoms with van der Waals surface area (Å²) in [6, 6.07) is 10.4. The van der Waals surface area contributed by atoms with Crippen LogP contribution in [0.2, 0.25) is 5.02 Å². The van der Waals surface area contributed by atoms with Gasteiger partial charge in [0.05, 0.1) is 10.5 Å². The minimum absolute atomic E-state index is 0.635. The molecule has 2 heteroatoms.